The van der Waals surface area contributed by atoms with Crippen molar-refractivity contribution in [2.24, 2.45) is 0 Å². The van der Waals surface area contributed by atoms with Crippen LogP contribution in [-0.4, -0.2) is 64.3 Å². The van der Waals surface area contributed by atoms with Crippen LogP contribution in [0.1, 0.15) is 116 Å². The predicted octanol–water partition coefficient (Wildman–Crippen LogP) is 1.43. The Morgan fingerprint density at radius 2 is 0.400 bits per heavy atom. The highest BCUT2D eigenvalue weighted by Gasteiger charge is 2.05. The van der Waals surface area contributed by atoms with Crippen LogP contribution in [0.5, 0.6) is 0 Å². The zero-order valence-corrected chi connectivity index (χ0v) is 25.0. The van der Waals surface area contributed by atoms with Crippen molar-refractivity contribution in [2.75, 3.05) is 55.4 Å². The summed E-state index contributed by atoms with van der Waals surface area (Å²) in [5.74, 6) is 0. The van der Waals surface area contributed by atoms with Crippen molar-refractivity contribution in [3.63, 3.8) is 0 Å². The van der Waals surface area contributed by atoms with Gasteiger partial charge in [-0.15, -0.1) is 0 Å². The van der Waals surface area contributed by atoms with Crippen molar-refractivity contribution < 1.29 is 42.9 Å². The molecule has 0 spiro atoms. The molecule has 0 aliphatic carbocycles. The smallest absolute Gasteiger partial charge is 0.0780 e. The first-order chi connectivity index (χ1) is 13.2. The number of hydrogen-bond acceptors (Lipinski definition) is 0. The van der Waals surface area contributed by atoms with Crippen LogP contribution in [0.2, 0.25) is 0 Å². The Morgan fingerprint density at radius 1 is 0.267 bits per heavy atom. The average molecular weight is 559 g/mol. The van der Waals surface area contributed by atoms with Crippen LogP contribution in [0, 0.1) is 0 Å². The standard InChI is InChI=1S/C26H58N2.2BrH/c1-27(2,3)25-23-21-19-17-15-13-11-9-7-8-10-12-14-16-18-20-22-24-26-28(4,5)6;;/h7-26H2,1-6H3;2*1H/q+2;;/p-2. The highest BCUT2D eigenvalue weighted by atomic mass is 79.9. The van der Waals surface area contributed by atoms with E-state index in [1.807, 2.05) is 0 Å². The maximum Gasteiger partial charge on any atom is 0.0780 e. The number of nitrogens with zero attached hydrogens (tertiary/aromatic N) is 2. The van der Waals surface area contributed by atoms with E-state index in [1.165, 1.54) is 129 Å². The Morgan fingerprint density at radius 3 is 0.533 bits per heavy atom. The minimum atomic E-state index is 0. The van der Waals surface area contributed by atoms with Gasteiger partial charge in [-0.25, -0.2) is 0 Å². The van der Waals surface area contributed by atoms with E-state index in [-0.39, 0.29) is 34.0 Å². The molecule has 0 aromatic heterocycles. The van der Waals surface area contributed by atoms with Crippen molar-refractivity contribution in [3.05, 3.63) is 0 Å². The van der Waals surface area contributed by atoms with Crippen LogP contribution in [0.15, 0.2) is 0 Å². The number of rotatable bonds is 21. The number of unbranched alkanes of at least 4 members (excludes halogenated alkanes) is 17. The van der Waals surface area contributed by atoms with Gasteiger partial charge in [0.2, 0.25) is 0 Å². The molecule has 30 heavy (non-hydrogen) atoms. The molecule has 0 unspecified atom stereocenters. The molecule has 0 rings (SSSR count). The summed E-state index contributed by atoms with van der Waals surface area (Å²) in [5.41, 5.74) is 0. The summed E-state index contributed by atoms with van der Waals surface area (Å²) < 4.78 is 2.24. The highest BCUT2D eigenvalue weighted by Crippen LogP contribution is 2.14. The first-order valence-corrected chi connectivity index (χ1v) is 12.8. The third-order valence-corrected chi connectivity index (χ3v) is 5.91. The van der Waals surface area contributed by atoms with Gasteiger partial charge in [0.1, 0.15) is 0 Å². The van der Waals surface area contributed by atoms with Crippen LogP contribution in [0.3, 0.4) is 0 Å². The molecule has 0 aromatic rings. The van der Waals surface area contributed by atoms with Crippen LogP contribution >= 0.6 is 0 Å². The van der Waals surface area contributed by atoms with Gasteiger partial charge in [0.05, 0.1) is 55.4 Å². The summed E-state index contributed by atoms with van der Waals surface area (Å²) in [6.45, 7) is 2.66. The molecule has 0 saturated heterocycles. The summed E-state index contributed by atoms with van der Waals surface area (Å²) in [4.78, 5) is 0. The third-order valence-electron chi connectivity index (χ3n) is 5.91. The summed E-state index contributed by atoms with van der Waals surface area (Å²) >= 11 is 0. The fraction of sp³-hybridized carbons (Fsp3) is 1.00. The number of hydrogen-bond donors (Lipinski definition) is 0. The van der Waals surface area contributed by atoms with E-state index in [2.05, 4.69) is 42.3 Å². The molecule has 0 aliphatic heterocycles. The summed E-state index contributed by atoms with van der Waals surface area (Å²) in [7, 11) is 13.8. The molecule has 0 aliphatic rings. The van der Waals surface area contributed by atoms with Gasteiger partial charge in [0.15, 0.2) is 0 Å². The Hall–Kier alpha value is 0.880. The van der Waals surface area contributed by atoms with E-state index >= 15 is 0 Å². The van der Waals surface area contributed by atoms with Gasteiger partial charge >= 0.3 is 0 Å². The average Bonchev–Trinajstić information content (AvgIpc) is 2.58. The molecule has 2 nitrogen and oxygen atoms in total. The quantitative estimate of drug-likeness (QED) is 0.148. The topological polar surface area (TPSA) is 0 Å². The molecule has 0 atom stereocenters. The van der Waals surface area contributed by atoms with Crippen molar-refractivity contribution in [3.8, 4) is 0 Å². The highest BCUT2D eigenvalue weighted by molar-refractivity contribution is 4.50. The normalized spacial score (nSPS) is 11.8. The van der Waals surface area contributed by atoms with Crippen LogP contribution in [0.25, 0.3) is 0 Å². The lowest BCUT2D eigenvalue weighted by atomic mass is 10.0. The Balaban J connectivity index is -0.00000364. The molecule has 4 heteroatoms. The Labute approximate surface area is 213 Å². The SMILES string of the molecule is C[N+](C)(C)CCCCCCCCCCCCCCCCCCCC[N+](C)(C)C.[Br-].[Br-]. The van der Waals surface area contributed by atoms with E-state index < -0.39 is 0 Å². The molecule has 0 amide bonds. The molecule has 0 N–H and O–H groups in total. The van der Waals surface area contributed by atoms with Gasteiger partial charge in [0.25, 0.3) is 0 Å². The fourth-order valence-electron chi connectivity index (χ4n) is 4.00. The minimum Gasteiger partial charge on any atom is -1.00 e. The molecule has 0 heterocycles. The maximum atomic E-state index is 2.30. The monoisotopic (exact) mass is 556 g/mol. The molecule has 0 bridgehead atoms. The van der Waals surface area contributed by atoms with Crippen LogP contribution < -0.4 is 34.0 Å². The second kappa shape index (κ2) is 23.1. The molecule has 186 valence electrons. The minimum absolute atomic E-state index is 0. The molecule has 0 saturated carbocycles. The lowest BCUT2D eigenvalue weighted by Crippen LogP contribution is -3.00. The maximum absolute atomic E-state index is 2.30. The zero-order valence-electron chi connectivity index (χ0n) is 21.8. The predicted molar refractivity (Wildman–Crippen MR) is 129 cm³/mol. The van der Waals surface area contributed by atoms with Gasteiger partial charge < -0.3 is 42.9 Å². The van der Waals surface area contributed by atoms with Crippen LogP contribution in [-0.2, 0) is 0 Å². The Kier molecular flexibility index (Phi) is 27.3. The summed E-state index contributed by atoms with van der Waals surface area (Å²) in [5, 5.41) is 0. The van der Waals surface area contributed by atoms with E-state index in [4.69, 9.17) is 0 Å². The second-order valence-electron chi connectivity index (χ2n) is 11.4. The van der Waals surface area contributed by atoms with E-state index in [0.29, 0.717) is 0 Å². The van der Waals surface area contributed by atoms with E-state index in [9.17, 15) is 0 Å². The summed E-state index contributed by atoms with van der Waals surface area (Å²) in [6, 6.07) is 0. The van der Waals surface area contributed by atoms with E-state index in [1.54, 1.807) is 0 Å². The lowest BCUT2D eigenvalue weighted by Gasteiger charge is -2.23. The van der Waals surface area contributed by atoms with Gasteiger partial charge in [-0.05, 0) is 25.7 Å². The largest absolute Gasteiger partial charge is 1.00 e. The van der Waals surface area contributed by atoms with Gasteiger partial charge in [-0.1, -0.05) is 89.9 Å². The van der Waals surface area contributed by atoms with Crippen molar-refractivity contribution in [2.45, 2.75) is 116 Å². The van der Waals surface area contributed by atoms with Gasteiger partial charge in [-0.3, -0.25) is 0 Å². The van der Waals surface area contributed by atoms with Crippen molar-refractivity contribution in [1.82, 2.24) is 0 Å². The first kappa shape index (κ1) is 35.5. The number of quaternary nitrogens is 2. The second-order valence-corrected chi connectivity index (χ2v) is 11.4. The third kappa shape index (κ3) is 33.5. The molecule has 0 fully saturated rings. The van der Waals surface area contributed by atoms with Crippen molar-refractivity contribution in [1.29, 1.82) is 0 Å². The van der Waals surface area contributed by atoms with Crippen molar-refractivity contribution >= 4 is 0 Å². The zero-order chi connectivity index (χ0) is 21.1. The van der Waals surface area contributed by atoms with Crippen LogP contribution in [0.4, 0.5) is 0 Å². The summed E-state index contributed by atoms with van der Waals surface area (Å²) in [6.07, 6.45) is 26.3. The molecular weight excluding hydrogens is 500 g/mol. The van der Waals surface area contributed by atoms with E-state index in [0.717, 1.165) is 8.97 Å². The Bertz CT molecular complexity index is 290. The first-order valence-electron chi connectivity index (χ1n) is 12.8. The van der Waals surface area contributed by atoms with Gasteiger partial charge in [-0.2, -0.15) is 0 Å². The molecular formula is C26H58Br2N2. The molecule has 0 aromatic carbocycles. The van der Waals surface area contributed by atoms with Gasteiger partial charge in [0, 0.05) is 0 Å². The fourth-order valence-corrected chi connectivity index (χ4v) is 4.00. The molecule has 0 radical (unpaired) electrons. The number of halogens is 2. The lowest BCUT2D eigenvalue weighted by molar-refractivity contribution is -0.870.